The Morgan fingerprint density at radius 3 is 2.53 bits per heavy atom. The van der Waals surface area contributed by atoms with Gasteiger partial charge in [-0.1, -0.05) is 35.1 Å². The van der Waals surface area contributed by atoms with Crippen molar-refractivity contribution < 1.29 is 13.6 Å². The van der Waals surface area contributed by atoms with Crippen molar-refractivity contribution in [2.24, 2.45) is 0 Å². The maximum Gasteiger partial charge on any atom is 0.257 e. The molecule has 0 radical (unpaired) electrons. The average Bonchev–Trinajstić information content (AvgIpc) is 3.18. The molecule has 0 spiro atoms. The molecular weight excluding hydrogens is 430 g/mol. The van der Waals surface area contributed by atoms with Crippen molar-refractivity contribution in [1.29, 1.82) is 0 Å². The van der Waals surface area contributed by atoms with Crippen molar-refractivity contribution in [2.45, 2.75) is 6.92 Å². The molecule has 158 valence electrons. The minimum Gasteiger partial charge on any atom is -0.351 e. The molecule has 2 heterocycles. The van der Waals surface area contributed by atoms with Gasteiger partial charge in [-0.25, -0.2) is 13.8 Å². The number of rotatable bonds is 5. The molecule has 30 heavy (non-hydrogen) atoms. The predicted molar refractivity (Wildman–Crippen MR) is 117 cm³/mol. The van der Waals surface area contributed by atoms with E-state index in [0.29, 0.717) is 13.1 Å². The van der Waals surface area contributed by atoms with Gasteiger partial charge >= 0.3 is 0 Å². The van der Waals surface area contributed by atoms with Gasteiger partial charge in [0.25, 0.3) is 5.91 Å². The molecule has 0 aliphatic carbocycles. The number of aryl methyl sites for hydroxylation is 1. The summed E-state index contributed by atoms with van der Waals surface area (Å²) in [6.45, 7) is 6.21. The number of nitrogens with zero attached hydrogens (tertiary/aromatic N) is 3. The highest BCUT2D eigenvalue weighted by molar-refractivity contribution is 7.22. The van der Waals surface area contributed by atoms with E-state index in [1.54, 1.807) is 11.3 Å². The molecule has 4 rings (SSSR count). The molecule has 2 aromatic carbocycles. The number of hydrogen-bond acceptors (Lipinski definition) is 5. The van der Waals surface area contributed by atoms with Gasteiger partial charge in [-0.05, 0) is 30.7 Å². The van der Waals surface area contributed by atoms with Crippen molar-refractivity contribution in [2.75, 3.05) is 44.2 Å². The second-order valence-electron chi connectivity index (χ2n) is 7.22. The molecule has 3 aromatic rings. The van der Waals surface area contributed by atoms with E-state index in [0.717, 1.165) is 64.2 Å². The van der Waals surface area contributed by atoms with Crippen LogP contribution >= 0.6 is 22.9 Å². The number of amides is 1. The minimum absolute atomic E-state index is 0.322. The third kappa shape index (κ3) is 4.26. The predicted octanol–water partition coefficient (Wildman–Crippen LogP) is 4.09. The first kappa shape index (κ1) is 21.0. The van der Waals surface area contributed by atoms with Crippen LogP contribution in [-0.4, -0.2) is 55.1 Å². The number of piperazine rings is 1. The Balaban J connectivity index is 1.30. The third-order valence-corrected chi connectivity index (χ3v) is 6.81. The Bertz CT molecular complexity index is 1020. The van der Waals surface area contributed by atoms with E-state index in [1.807, 2.05) is 19.1 Å². The zero-order valence-corrected chi connectivity index (χ0v) is 18.0. The molecule has 0 atom stereocenters. The molecule has 5 nitrogen and oxygen atoms in total. The number of carbonyl (C=O) groups excluding carboxylic acids is 1. The van der Waals surface area contributed by atoms with Gasteiger partial charge < -0.3 is 10.2 Å². The average molecular weight is 451 g/mol. The first-order chi connectivity index (χ1) is 14.4. The Morgan fingerprint density at radius 1 is 1.17 bits per heavy atom. The van der Waals surface area contributed by atoms with Crippen LogP contribution in [0.1, 0.15) is 15.9 Å². The first-order valence-electron chi connectivity index (χ1n) is 9.69. The molecule has 0 saturated carbocycles. The van der Waals surface area contributed by atoms with Crippen molar-refractivity contribution in [3.05, 3.63) is 58.1 Å². The molecular formula is C21H21ClF2N4OS. The Labute approximate surface area is 182 Å². The van der Waals surface area contributed by atoms with E-state index in [4.69, 9.17) is 16.6 Å². The van der Waals surface area contributed by atoms with E-state index in [9.17, 15) is 13.6 Å². The van der Waals surface area contributed by atoms with E-state index in [2.05, 4.69) is 15.1 Å². The van der Waals surface area contributed by atoms with Crippen LogP contribution in [0.25, 0.3) is 10.2 Å². The maximum absolute atomic E-state index is 13.7. The summed E-state index contributed by atoms with van der Waals surface area (Å²) in [6, 6.07) is 7.28. The number of carbonyl (C=O) groups is 1. The molecule has 9 heteroatoms. The number of halogens is 3. The van der Waals surface area contributed by atoms with Gasteiger partial charge in [0.15, 0.2) is 5.13 Å². The molecule has 1 aromatic heterocycles. The number of fused-ring (bicyclic) bond motifs is 1. The molecule has 0 bridgehead atoms. The van der Waals surface area contributed by atoms with Gasteiger partial charge in [-0.3, -0.25) is 9.69 Å². The quantitative estimate of drug-likeness (QED) is 0.636. The topological polar surface area (TPSA) is 48.5 Å². The summed E-state index contributed by atoms with van der Waals surface area (Å²) in [4.78, 5) is 21.3. The molecule has 1 N–H and O–H groups in total. The van der Waals surface area contributed by atoms with Crippen molar-refractivity contribution >= 4 is 44.2 Å². The first-order valence-corrected chi connectivity index (χ1v) is 10.9. The monoisotopic (exact) mass is 450 g/mol. The zero-order chi connectivity index (χ0) is 21.3. The lowest BCUT2D eigenvalue weighted by Gasteiger charge is -2.34. The largest absolute Gasteiger partial charge is 0.351 e. The summed E-state index contributed by atoms with van der Waals surface area (Å²) in [6.07, 6.45) is 0. The van der Waals surface area contributed by atoms with E-state index >= 15 is 0 Å². The normalized spacial score (nSPS) is 15.0. The fourth-order valence-corrected chi connectivity index (χ4v) is 4.89. The van der Waals surface area contributed by atoms with E-state index in [-0.39, 0.29) is 0 Å². The molecule has 1 aliphatic rings. The number of benzene rings is 2. The van der Waals surface area contributed by atoms with Gasteiger partial charge in [0.1, 0.15) is 17.2 Å². The van der Waals surface area contributed by atoms with Crippen LogP contribution in [0, 0.1) is 18.6 Å². The van der Waals surface area contributed by atoms with Crippen LogP contribution in [0.5, 0.6) is 0 Å². The lowest BCUT2D eigenvalue weighted by molar-refractivity contribution is 0.0939. The molecule has 1 saturated heterocycles. The van der Waals surface area contributed by atoms with Gasteiger partial charge in [-0.15, -0.1) is 0 Å². The summed E-state index contributed by atoms with van der Waals surface area (Å²) in [7, 11) is 0. The van der Waals surface area contributed by atoms with Gasteiger partial charge in [0, 0.05) is 39.3 Å². The van der Waals surface area contributed by atoms with Crippen molar-refractivity contribution in [3.8, 4) is 0 Å². The lowest BCUT2D eigenvalue weighted by atomic mass is 10.2. The molecule has 1 amide bonds. The second-order valence-corrected chi connectivity index (χ2v) is 8.60. The Morgan fingerprint density at radius 2 is 1.87 bits per heavy atom. The summed E-state index contributed by atoms with van der Waals surface area (Å²) in [5, 5.41) is 4.29. The van der Waals surface area contributed by atoms with Crippen LogP contribution in [0.2, 0.25) is 5.02 Å². The fraction of sp³-hybridized carbons (Fsp3) is 0.333. The van der Waals surface area contributed by atoms with E-state index < -0.39 is 23.1 Å². The third-order valence-electron chi connectivity index (χ3n) is 5.23. The Hall–Kier alpha value is -2.29. The van der Waals surface area contributed by atoms with Crippen molar-refractivity contribution in [3.63, 3.8) is 0 Å². The van der Waals surface area contributed by atoms with Crippen LogP contribution < -0.4 is 10.2 Å². The number of hydrogen-bond donors (Lipinski definition) is 1. The van der Waals surface area contributed by atoms with E-state index in [1.165, 1.54) is 6.07 Å². The standard InChI is InChI=1S/C21H21ClF2N4OS/c1-13-5-6-14(22)19-18(13)26-21(30-19)28-11-9-27(10-12-28)8-7-25-20(29)17-15(23)3-2-4-16(17)24/h2-6H,7-12H2,1H3,(H,25,29). The summed E-state index contributed by atoms with van der Waals surface area (Å²) < 4.78 is 28.4. The van der Waals surface area contributed by atoms with Crippen LogP contribution in [0.15, 0.2) is 30.3 Å². The molecule has 1 aliphatic heterocycles. The fourth-order valence-electron chi connectivity index (χ4n) is 3.52. The number of thiazole rings is 1. The highest BCUT2D eigenvalue weighted by atomic mass is 35.5. The van der Waals surface area contributed by atoms with Crippen molar-refractivity contribution in [1.82, 2.24) is 15.2 Å². The van der Waals surface area contributed by atoms with Gasteiger partial charge in [0.05, 0.1) is 15.2 Å². The maximum atomic E-state index is 13.7. The summed E-state index contributed by atoms with van der Waals surface area (Å²) in [5.41, 5.74) is 1.53. The van der Waals surface area contributed by atoms with Gasteiger partial charge in [0.2, 0.25) is 0 Å². The van der Waals surface area contributed by atoms with Crippen LogP contribution in [0.4, 0.5) is 13.9 Å². The number of anilines is 1. The highest BCUT2D eigenvalue weighted by Crippen LogP contribution is 2.35. The van der Waals surface area contributed by atoms with Crippen LogP contribution in [0.3, 0.4) is 0 Å². The summed E-state index contributed by atoms with van der Waals surface area (Å²) in [5.74, 6) is -2.44. The number of nitrogens with one attached hydrogen (secondary N) is 1. The molecule has 0 unspecified atom stereocenters. The lowest BCUT2D eigenvalue weighted by Crippen LogP contribution is -2.48. The Kier molecular flexibility index (Phi) is 6.17. The smallest absolute Gasteiger partial charge is 0.257 e. The highest BCUT2D eigenvalue weighted by Gasteiger charge is 2.21. The van der Waals surface area contributed by atoms with Gasteiger partial charge in [-0.2, -0.15) is 0 Å². The minimum atomic E-state index is -0.854. The number of aromatic nitrogens is 1. The molecule has 1 fully saturated rings. The van der Waals surface area contributed by atoms with Crippen LogP contribution in [-0.2, 0) is 0 Å². The second kappa shape index (κ2) is 8.83. The summed E-state index contributed by atoms with van der Waals surface area (Å²) >= 11 is 7.92. The zero-order valence-electron chi connectivity index (χ0n) is 16.4. The SMILES string of the molecule is Cc1ccc(Cl)c2sc(N3CCN(CCNC(=O)c4c(F)cccc4F)CC3)nc12.